The lowest BCUT2D eigenvalue weighted by Crippen LogP contribution is -2.37. The first kappa shape index (κ1) is 18.4. The van der Waals surface area contributed by atoms with Gasteiger partial charge in [0.05, 0.1) is 18.5 Å². The topological polar surface area (TPSA) is 84.2 Å². The second-order valence-electron chi connectivity index (χ2n) is 5.93. The van der Waals surface area contributed by atoms with E-state index in [9.17, 15) is 14.0 Å². The molecule has 0 radical (unpaired) electrons. The Morgan fingerprint density at radius 3 is 2.24 bits per heavy atom. The van der Waals surface area contributed by atoms with Crippen LogP contribution in [-0.4, -0.2) is 11.9 Å². The van der Waals surface area contributed by atoms with Gasteiger partial charge < -0.3 is 16.4 Å². The minimum absolute atomic E-state index is 0.00653. The number of primary amides is 1. The monoisotopic (exact) mass is 343 g/mol. The minimum Gasteiger partial charge on any atom is -0.352 e. The molecule has 0 aromatic heterocycles. The molecule has 3 amide bonds. The summed E-state index contributed by atoms with van der Waals surface area (Å²) in [6.45, 7) is 3.60. The average molecular weight is 343 g/mol. The second-order valence-corrected chi connectivity index (χ2v) is 5.93. The number of carbonyl (C=O) groups excluding carboxylic acids is 2. The lowest BCUT2D eigenvalue weighted by molar-refractivity contribution is -0.122. The number of urea groups is 1. The van der Waals surface area contributed by atoms with Crippen molar-refractivity contribution in [1.29, 1.82) is 0 Å². The van der Waals surface area contributed by atoms with Crippen LogP contribution in [0.25, 0.3) is 0 Å². The zero-order valence-corrected chi connectivity index (χ0v) is 14.3. The van der Waals surface area contributed by atoms with Crippen molar-refractivity contribution in [2.75, 3.05) is 0 Å². The summed E-state index contributed by atoms with van der Waals surface area (Å²) in [7, 11) is 0. The summed E-state index contributed by atoms with van der Waals surface area (Å²) in [4.78, 5) is 23.7. The van der Waals surface area contributed by atoms with Gasteiger partial charge in [-0.2, -0.15) is 0 Å². The third-order valence-electron chi connectivity index (χ3n) is 4.02. The van der Waals surface area contributed by atoms with Crippen LogP contribution < -0.4 is 16.4 Å². The molecule has 6 heteroatoms. The molecule has 0 unspecified atom stereocenters. The first-order valence-electron chi connectivity index (χ1n) is 8.03. The van der Waals surface area contributed by atoms with Gasteiger partial charge in [-0.25, -0.2) is 9.18 Å². The maximum Gasteiger partial charge on any atom is 0.312 e. The molecule has 5 nitrogen and oxygen atoms in total. The van der Waals surface area contributed by atoms with Gasteiger partial charge in [0.15, 0.2) is 0 Å². The number of nitrogens with two attached hydrogens (primary N) is 1. The van der Waals surface area contributed by atoms with E-state index in [1.54, 1.807) is 25.1 Å². The highest BCUT2D eigenvalue weighted by atomic mass is 19.1. The predicted octanol–water partition coefficient (Wildman–Crippen LogP) is 3.11. The van der Waals surface area contributed by atoms with E-state index in [0.717, 1.165) is 11.1 Å². The van der Waals surface area contributed by atoms with Crippen molar-refractivity contribution in [3.05, 3.63) is 71.0 Å². The van der Waals surface area contributed by atoms with Gasteiger partial charge in [-0.15, -0.1) is 0 Å². The zero-order chi connectivity index (χ0) is 18.4. The lowest BCUT2D eigenvalue weighted by Gasteiger charge is -2.21. The van der Waals surface area contributed by atoms with Crippen LogP contribution in [0, 0.1) is 12.7 Å². The Bertz CT molecular complexity index is 764. The van der Waals surface area contributed by atoms with Crippen molar-refractivity contribution in [3.8, 4) is 0 Å². The normalized spacial score (nSPS) is 12.9. The first-order valence-corrected chi connectivity index (χ1v) is 8.03. The van der Waals surface area contributed by atoms with Crippen LogP contribution >= 0.6 is 0 Å². The van der Waals surface area contributed by atoms with Gasteiger partial charge in [-0.3, -0.25) is 4.79 Å². The molecule has 0 saturated heterocycles. The molecule has 2 atom stereocenters. The summed E-state index contributed by atoms with van der Waals surface area (Å²) in [6.07, 6.45) is 0.00653. The van der Waals surface area contributed by atoms with E-state index in [2.05, 4.69) is 10.6 Å². The van der Waals surface area contributed by atoms with Gasteiger partial charge in [-0.05, 0) is 31.0 Å². The Labute approximate surface area is 146 Å². The van der Waals surface area contributed by atoms with Gasteiger partial charge in [-0.1, -0.05) is 42.5 Å². The smallest absolute Gasteiger partial charge is 0.312 e. The van der Waals surface area contributed by atoms with E-state index >= 15 is 0 Å². The van der Waals surface area contributed by atoms with Crippen molar-refractivity contribution in [2.24, 2.45) is 5.73 Å². The van der Waals surface area contributed by atoms with Crippen LogP contribution in [0.1, 0.15) is 42.1 Å². The fraction of sp³-hybridized carbons (Fsp3) is 0.263. The number of aryl methyl sites for hydroxylation is 1. The molecule has 0 aliphatic carbocycles. The molecular weight excluding hydrogens is 321 g/mol. The summed E-state index contributed by atoms with van der Waals surface area (Å²) < 4.78 is 13.8. The number of rotatable bonds is 6. The van der Waals surface area contributed by atoms with E-state index in [0.29, 0.717) is 5.56 Å². The minimum atomic E-state index is -0.705. The van der Waals surface area contributed by atoms with Gasteiger partial charge >= 0.3 is 6.03 Å². The van der Waals surface area contributed by atoms with Gasteiger partial charge in [0, 0.05) is 5.56 Å². The Hall–Kier alpha value is -2.89. The number of hydrogen-bond acceptors (Lipinski definition) is 2. The van der Waals surface area contributed by atoms with Crippen molar-refractivity contribution in [2.45, 2.75) is 32.4 Å². The number of carbonyl (C=O) groups is 2. The largest absolute Gasteiger partial charge is 0.352 e. The summed E-state index contributed by atoms with van der Waals surface area (Å²) in [6, 6.07) is 12.0. The van der Waals surface area contributed by atoms with E-state index < -0.39 is 18.1 Å². The molecule has 0 fully saturated rings. The third-order valence-corrected chi connectivity index (χ3v) is 4.02. The number of nitrogens with one attached hydrogen (secondary N) is 2. The molecule has 2 rings (SSSR count). The van der Waals surface area contributed by atoms with Crippen molar-refractivity contribution in [1.82, 2.24) is 10.6 Å². The standard InChI is InChI=1S/C19H22FN3O2/c1-12-7-3-4-8-14(12)17(23-19(21)25)11-18(24)22-13(2)15-9-5-6-10-16(15)20/h3-10,13,17H,11H2,1-2H3,(H,22,24)(H3,21,23,25)/t13-,17-/m1/s1. The van der Waals surface area contributed by atoms with E-state index in [1.807, 2.05) is 31.2 Å². The quantitative estimate of drug-likeness (QED) is 0.753. The first-order chi connectivity index (χ1) is 11.9. The molecule has 0 aliphatic rings. The number of benzene rings is 2. The molecule has 4 N–H and O–H groups in total. The Balaban J connectivity index is 2.11. The molecule has 132 valence electrons. The van der Waals surface area contributed by atoms with Crippen LogP contribution in [0.3, 0.4) is 0 Å². The highest BCUT2D eigenvalue weighted by Crippen LogP contribution is 2.22. The lowest BCUT2D eigenvalue weighted by atomic mass is 9.98. The van der Waals surface area contributed by atoms with E-state index in [4.69, 9.17) is 5.73 Å². The van der Waals surface area contributed by atoms with Crippen LogP contribution in [0.15, 0.2) is 48.5 Å². The Morgan fingerprint density at radius 2 is 1.64 bits per heavy atom. The van der Waals surface area contributed by atoms with Gasteiger partial charge in [0.2, 0.25) is 5.91 Å². The van der Waals surface area contributed by atoms with Crippen molar-refractivity contribution in [3.63, 3.8) is 0 Å². The zero-order valence-electron chi connectivity index (χ0n) is 14.3. The van der Waals surface area contributed by atoms with Crippen LogP contribution in [0.2, 0.25) is 0 Å². The molecule has 0 saturated carbocycles. The van der Waals surface area contributed by atoms with Crippen LogP contribution in [0.4, 0.5) is 9.18 Å². The highest BCUT2D eigenvalue weighted by molar-refractivity contribution is 5.79. The SMILES string of the molecule is Cc1ccccc1[C@@H](CC(=O)N[C@H](C)c1ccccc1F)NC(N)=O. The molecule has 25 heavy (non-hydrogen) atoms. The summed E-state index contributed by atoms with van der Waals surface area (Å²) in [5.41, 5.74) is 7.40. The highest BCUT2D eigenvalue weighted by Gasteiger charge is 2.21. The molecule has 2 aromatic rings. The van der Waals surface area contributed by atoms with Crippen molar-refractivity contribution < 1.29 is 14.0 Å². The maximum atomic E-state index is 13.8. The fourth-order valence-electron chi connectivity index (χ4n) is 2.78. The van der Waals surface area contributed by atoms with Crippen molar-refractivity contribution >= 4 is 11.9 Å². The molecule has 0 bridgehead atoms. The summed E-state index contributed by atoms with van der Waals surface area (Å²) in [5, 5.41) is 5.36. The predicted molar refractivity (Wildman–Crippen MR) is 94.2 cm³/mol. The average Bonchev–Trinajstić information content (AvgIpc) is 2.54. The van der Waals surface area contributed by atoms with E-state index in [1.165, 1.54) is 6.07 Å². The van der Waals surface area contributed by atoms with E-state index in [-0.39, 0.29) is 18.1 Å². The molecular formula is C19H22FN3O2. The van der Waals surface area contributed by atoms with Crippen LogP contribution in [0.5, 0.6) is 0 Å². The molecule has 0 spiro atoms. The fourth-order valence-corrected chi connectivity index (χ4v) is 2.78. The number of halogens is 1. The summed E-state index contributed by atoms with van der Waals surface area (Å²) >= 11 is 0. The molecule has 0 aliphatic heterocycles. The van der Waals surface area contributed by atoms with Gasteiger partial charge in [0.25, 0.3) is 0 Å². The summed E-state index contributed by atoms with van der Waals surface area (Å²) in [5.74, 6) is -0.682. The molecule has 0 heterocycles. The van der Waals surface area contributed by atoms with Crippen LogP contribution in [-0.2, 0) is 4.79 Å². The Morgan fingerprint density at radius 1 is 1.04 bits per heavy atom. The van der Waals surface area contributed by atoms with Gasteiger partial charge in [0.1, 0.15) is 5.82 Å². The second kappa shape index (κ2) is 8.28. The number of hydrogen-bond donors (Lipinski definition) is 3. The Kier molecular flexibility index (Phi) is 6.11. The number of amides is 3. The third kappa shape index (κ3) is 5.04. The molecule has 2 aromatic carbocycles. The maximum absolute atomic E-state index is 13.8.